The van der Waals surface area contributed by atoms with Gasteiger partial charge in [0.2, 0.25) is 5.91 Å². The number of piperazine rings is 1. The second kappa shape index (κ2) is 14.4. The normalized spacial score (nSPS) is 15.8. The highest BCUT2D eigenvalue weighted by molar-refractivity contribution is 7.17. The van der Waals surface area contributed by atoms with Gasteiger partial charge in [-0.3, -0.25) is 9.59 Å². The lowest BCUT2D eigenvalue weighted by Crippen LogP contribution is -2.49. The molecule has 2 saturated heterocycles. The first-order valence-electron chi connectivity index (χ1n) is 16.1. The molecule has 2 amide bonds. The van der Waals surface area contributed by atoms with Crippen LogP contribution in [-0.2, 0) is 4.79 Å². The number of methoxy groups -OCH3 is 1. The molecule has 0 bridgehead atoms. The van der Waals surface area contributed by atoms with E-state index >= 15 is 0 Å². The minimum Gasteiger partial charge on any atom is -0.493 e. The number of benzene rings is 1. The number of carbonyl (C=O) groups excluding carboxylic acids is 2. The number of nitrogens with zero attached hydrogens (tertiary/aromatic N) is 6. The van der Waals surface area contributed by atoms with E-state index in [-0.39, 0.29) is 10.8 Å². The summed E-state index contributed by atoms with van der Waals surface area (Å²) < 4.78 is 33.8. The van der Waals surface area contributed by atoms with E-state index in [0.29, 0.717) is 74.5 Å². The highest BCUT2D eigenvalue weighted by atomic mass is 32.1. The molecule has 0 atom stereocenters. The first-order chi connectivity index (χ1) is 24.0. The fourth-order valence-electron chi connectivity index (χ4n) is 6.11. The van der Waals surface area contributed by atoms with E-state index in [1.54, 1.807) is 17.2 Å². The summed E-state index contributed by atoms with van der Waals surface area (Å²) in [6, 6.07) is 6.94. The molecular formula is C35H38F2N8O4S. The molecule has 0 radical (unpaired) electrons. The van der Waals surface area contributed by atoms with E-state index in [1.165, 1.54) is 25.4 Å². The third kappa shape index (κ3) is 7.23. The molecule has 2 fully saturated rings. The number of hydrogen-bond acceptors (Lipinski definition) is 11. The van der Waals surface area contributed by atoms with Gasteiger partial charge in [-0.1, -0.05) is 24.0 Å². The van der Waals surface area contributed by atoms with Crippen molar-refractivity contribution in [2.45, 2.75) is 32.3 Å². The number of aromatic nitrogens is 3. The van der Waals surface area contributed by atoms with Crippen LogP contribution < -0.4 is 25.2 Å². The molecule has 5 heterocycles. The van der Waals surface area contributed by atoms with Gasteiger partial charge in [0.1, 0.15) is 22.2 Å². The molecule has 3 aromatic heterocycles. The van der Waals surface area contributed by atoms with Crippen LogP contribution in [0.15, 0.2) is 55.4 Å². The Morgan fingerprint density at radius 1 is 1.02 bits per heavy atom. The smallest absolute Gasteiger partial charge is 0.267 e. The Morgan fingerprint density at radius 3 is 2.38 bits per heavy atom. The molecule has 0 saturated carbocycles. The fourth-order valence-corrected chi connectivity index (χ4v) is 6.82. The maximum absolute atomic E-state index is 14.1. The topological polar surface area (TPSA) is 136 Å². The summed E-state index contributed by atoms with van der Waals surface area (Å²) in [5.74, 6) is -0.993. The average Bonchev–Trinajstić information content (AvgIpc) is 3.58. The Balaban J connectivity index is 1.29. The highest BCUT2D eigenvalue weighted by Gasteiger charge is 2.32. The molecule has 0 unspecified atom stereocenters. The van der Waals surface area contributed by atoms with E-state index in [0.717, 1.165) is 46.1 Å². The van der Waals surface area contributed by atoms with Crippen LogP contribution in [0, 0.1) is 18.6 Å². The van der Waals surface area contributed by atoms with Gasteiger partial charge in [-0.2, -0.15) is 0 Å². The van der Waals surface area contributed by atoms with Gasteiger partial charge in [0, 0.05) is 51.0 Å². The number of aliphatic hydroxyl groups is 1. The van der Waals surface area contributed by atoms with E-state index < -0.39 is 28.8 Å². The van der Waals surface area contributed by atoms with E-state index in [4.69, 9.17) is 14.7 Å². The maximum Gasteiger partial charge on any atom is 0.267 e. The summed E-state index contributed by atoms with van der Waals surface area (Å²) in [5, 5.41) is 16.4. The largest absolute Gasteiger partial charge is 0.493 e. The van der Waals surface area contributed by atoms with E-state index in [9.17, 15) is 23.5 Å². The molecule has 262 valence electrons. The van der Waals surface area contributed by atoms with Gasteiger partial charge in [-0.25, -0.2) is 23.7 Å². The number of halogens is 2. The molecule has 12 nitrogen and oxygen atoms in total. The molecule has 6 rings (SSSR count). The zero-order chi connectivity index (χ0) is 35.6. The summed E-state index contributed by atoms with van der Waals surface area (Å²) in [6.07, 6.45) is 5.65. The monoisotopic (exact) mass is 704 g/mol. The van der Waals surface area contributed by atoms with Gasteiger partial charge in [-0.15, -0.1) is 0 Å². The first kappa shape index (κ1) is 34.7. The van der Waals surface area contributed by atoms with Crippen LogP contribution in [0.5, 0.6) is 5.75 Å². The average molecular weight is 705 g/mol. The van der Waals surface area contributed by atoms with Crippen LogP contribution in [0.3, 0.4) is 0 Å². The van der Waals surface area contributed by atoms with E-state index in [1.807, 2.05) is 19.9 Å². The SMILES string of the molecule is C=CC(=O)N1CCN(c2ncc(-c3ccc(OC)c(Nc4ncc(C(=O)Nc5c(F)cccc5F)s4)n3)c(C)c2N2CCC(C)(O)CC2)CC1. The molecule has 0 spiro atoms. The van der Waals surface area contributed by atoms with Crippen LogP contribution in [0.4, 0.5) is 36.9 Å². The predicted octanol–water partition coefficient (Wildman–Crippen LogP) is 5.38. The van der Waals surface area contributed by atoms with Gasteiger partial charge in [0.05, 0.1) is 30.3 Å². The van der Waals surface area contributed by atoms with Gasteiger partial charge in [-0.05, 0) is 62.6 Å². The van der Waals surface area contributed by atoms with Crippen LogP contribution in [-0.4, -0.2) is 88.8 Å². The van der Waals surface area contributed by atoms with Crippen molar-refractivity contribution in [3.05, 3.63) is 77.5 Å². The van der Waals surface area contributed by atoms with Crippen molar-refractivity contribution in [1.29, 1.82) is 0 Å². The van der Waals surface area contributed by atoms with Crippen molar-refractivity contribution in [2.75, 3.05) is 66.8 Å². The number of nitrogens with one attached hydrogen (secondary N) is 2. The summed E-state index contributed by atoms with van der Waals surface area (Å²) in [6.45, 7) is 11.1. The van der Waals surface area contributed by atoms with Crippen molar-refractivity contribution in [1.82, 2.24) is 19.9 Å². The summed E-state index contributed by atoms with van der Waals surface area (Å²) in [4.78, 5) is 45.5. The van der Waals surface area contributed by atoms with Crippen molar-refractivity contribution < 1.29 is 28.2 Å². The van der Waals surface area contributed by atoms with Crippen LogP contribution in [0.25, 0.3) is 11.3 Å². The second-order valence-electron chi connectivity index (χ2n) is 12.4. The standard InChI is InChI=1S/C35H38F2N8O4S/c1-5-28(46)43-15-17-45(18-16-43)32-30(44-13-11-35(3,48)12-14-44)21(2)22(19-38-32)25-9-10-26(49-4)31(40-25)42-34-39-20-27(50-34)33(47)41-29-23(36)7-6-8-24(29)37/h5-10,19-20,48H,1,11-18H2,2-4H3,(H,41,47)(H,39,40,42). The van der Waals surface area contributed by atoms with Gasteiger partial charge in [0.15, 0.2) is 22.5 Å². The van der Waals surface area contributed by atoms with Gasteiger partial charge >= 0.3 is 0 Å². The number of ether oxygens (including phenoxy) is 1. The zero-order valence-corrected chi connectivity index (χ0v) is 28.8. The van der Waals surface area contributed by atoms with Crippen molar-refractivity contribution in [3.63, 3.8) is 0 Å². The summed E-state index contributed by atoms with van der Waals surface area (Å²) >= 11 is 0.983. The van der Waals surface area contributed by atoms with Crippen molar-refractivity contribution >= 4 is 51.3 Å². The lowest BCUT2D eigenvalue weighted by Gasteiger charge is -2.41. The highest BCUT2D eigenvalue weighted by Crippen LogP contribution is 2.40. The Kier molecular flexibility index (Phi) is 9.97. The maximum atomic E-state index is 14.1. The Bertz CT molecular complexity index is 1900. The number of thiazole rings is 1. The molecule has 1 aromatic carbocycles. The molecule has 2 aliphatic rings. The van der Waals surface area contributed by atoms with Crippen molar-refractivity contribution in [2.24, 2.45) is 0 Å². The van der Waals surface area contributed by atoms with E-state index in [2.05, 4.69) is 32.0 Å². The van der Waals surface area contributed by atoms with Crippen molar-refractivity contribution in [3.8, 4) is 17.0 Å². The molecule has 4 aromatic rings. The number of rotatable bonds is 9. The number of carbonyl (C=O) groups is 2. The minimum absolute atomic E-state index is 0.0900. The molecule has 2 aliphatic heterocycles. The lowest BCUT2D eigenvalue weighted by atomic mass is 9.92. The molecular weight excluding hydrogens is 666 g/mol. The minimum atomic E-state index is -0.886. The number of amides is 2. The number of hydrogen-bond donors (Lipinski definition) is 3. The molecule has 50 heavy (non-hydrogen) atoms. The first-order valence-corrected chi connectivity index (χ1v) is 17.0. The quantitative estimate of drug-likeness (QED) is 0.195. The Hall–Kier alpha value is -5.15. The molecule has 0 aliphatic carbocycles. The zero-order valence-electron chi connectivity index (χ0n) is 28.0. The van der Waals surface area contributed by atoms with Gasteiger partial charge < -0.3 is 35.2 Å². The van der Waals surface area contributed by atoms with Gasteiger partial charge in [0.25, 0.3) is 5.91 Å². The number of piperidine rings is 1. The second-order valence-corrected chi connectivity index (χ2v) is 13.5. The third-order valence-corrected chi connectivity index (χ3v) is 9.93. The fraction of sp³-hybridized carbons (Fsp3) is 0.343. The molecule has 3 N–H and O–H groups in total. The third-order valence-electron chi connectivity index (χ3n) is 9.02. The molecule has 15 heteroatoms. The van der Waals surface area contributed by atoms with Crippen LogP contribution in [0.2, 0.25) is 0 Å². The number of pyridine rings is 2. The number of para-hydroxylation sites is 1. The Labute approximate surface area is 292 Å². The lowest BCUT2D eigenvalue weighted by molar-refractivity contribution is -0.126. The van der Waals surface area contributed by atoms with Crippen LogP contribution >= 0.6 is 11.3 Å². The summed E-state index contributed by atoms with van der Waals surface area (Å²) in [5.41, 5.74) is 2.04. The number of anilines is 5. The predicted molar refractivity (Wildman–Crippen MR) is 190 cm³/mol. The summed E-state index contributed by atoms with van der Waals surface area (Å²) in [7, 11) is 1.51. The Morgan fingerprint density at radius 2 is 1.72 bits per heavy atom. The van der Waals surface area contributed by atoms with Crippen LogP contribution in [0.1, 0.15) is 35.0 Å².